The highest BCUT2D eigenvalue weighted by Gasteiger charge is 2.11. The van der Waals surface area contributed by atoms with Gasteiger partial charge in [-0.15, -0.1) is 0 Å². The molecule has 0 fully saturated rings. The van der Waals surface area contributed by atoms with E-state index in [0.29, 0.717) is 17.2 Å². The van der Waals surface area contributed by atoms with Crippen molar-refractivity contribution >= 4 is 5.97 Å². The second kappa shape index (κ2) is 7.60. The summed E-state index contributed by atoms with van der Waals surface area (Å²) in [6, 6.07) is 16.8. The molecule has 2 heteroatoms. The van der Waals surface area contributed by atoms with Gasteiger partial charge >= 0.3 is 5.97 Å². The molecular weight excluding hydrogens is 272 g/mol. The van der Waals surface area contributed by atoms with Crippen LogP contribution < -0.4 is 4.74 Å². The smallest absolute Gasteiger partial charge is 0.343 e. The van der Waals surface area contributed by atoms with E-state index in [2.05, 4.69) is 26.8 Å². The SMILES string of the molecule is CCC(C=C(C)C)c1ccc(C(=O)Oc2ccccc2)cc1. The van der Waals surface area contributed by atoms with Crippen LogP contribution in [0, 0.1) is 0 Å². The van der Waals surface area contributed by atoms with Gasteiger partial charge in [-0.25, -0.2) is 4.79 Å². The van der Waals surface area contributed by atoms with E-state index in [-0.39, 0.29) is 5.97 Å². The van der Waals surface area contributed by atoms with Gasteiger partial charge in [0, 0.05) is 5.92 Å². The Balaban J connectivity index is 2.11. The number of carbonyl (C=O) groups excluding carboxylic acids is 1. The molecule has 0 heterocycles. The molecular formula is C20H22O2. The zero-order chi connectivity index (χ0) is 15.9. The second-order valence-corrected chi connectivity index (χ2v) is 5.58. The van der Waals surface area contributed by atoms with E-state index in [1.54, 1.807) is 12.1 Å². The van der Waals surface area contributed by atoms with Crippen LogP contribution in [0.3, 0.4) is 0 Å². The number of rotatable bonds is 5. The third-order valence-corrected chi connectivity index (χ3v) is 3.50. The largest absolute Gasteiger partial charge is 0.423 e. The molecule has 0 saturated carbocycles. The normalized spacial score (nSPS) is 11.6. The second-order valence-electron chi connectivity index (χ2n) is 5.58. The van der Waals surface area contributed by atoms with Crippen LogP contribution in [0.4, 0.5) is 0 Å². The monoisotopic (exact) mass is 294 g/mol. The minimum atomic E-state index is -0.326. The molecule has 114 valence electrons. The van der Waals surface area contributed by atoms with Crippen molar-refractivity contribution < 1.29 is 9.53 Å². The summed E-state index contributed by atoms with van der Waals surface area (Å²) in [6.45, 7) is 6.38. The molecule has 2 nitrogen and oxygen atoms in total. The molecule has 2 rings (SSSR count). The topological polar surface area (TPSA) is 26.3 Å². The Bertz CT molecular complexity index is 635. The molecule has 0 spiro atoms. The molecule has 0 aliphatic carbocycles. The lowest BCUT2D eigenvalue weighted by molar-refractivity contribution is 0.0735. The quantitative estimate of drug-likeness (QED) is 0.421. The first-order chi connectivity index (χ1) is 10.6. The van der Waals surface area contributed by atoms with Crippen LogP contribution in [0.25, 0.3) is 0 Å². The van der Waals surface area contributed by atoms with Gasteiger partial charge in [0.2, 0.25) is 0 Å². The molecule has 0 aliphatic rings. The van der Waals surface area contributed by atoms with Crippen LogP contribution in [0.2, 0.25) is 0 Å². The van der Waals surface area contributed by atoms with Crippen molar-refractivity contribution in [3.8, 4) is 5.75 Å². The number of ether oxygens (including phenoxy) is 1. The van der Waals surface area contributed by atoms with E-state index in [4.69, 9.17) is 4.74 Å². The summed E-state index contributed by atoms with van der Waals surface area (Å²) in [6.07, 6.45) is 3.30. The summed E-state index contributed by atoms with van der Waals surface area (Å²) < 4.78 is 5.34. The van der Waals surface area contributed by atoms with Crippen molar-refractivity contribution in [1.29, 1.82) is 0 Å². The van der Waals surface area contributed by atoms with Crippen molar-refractivity contribution in [3.05, 3.63) is 77.4 Å². The van der Waals surface area contributed by atoms with Crippen molar-refractivity contribution in [2.45, 2.75) is 33.1 Å². The zero-order valence-corrected chi connectivity index (χ0v) is 13.4. The van der Waals surface area contributed by atoms with Gasteiger partial charge in [-0.1, -0.05) is 48.9 Å². The molecule has 0 saturated heterocycles. The summed E-state index contributed by atoms with van der Waals surface area (Å²) >= 11 is 0. The lowest BCUT2D eigenvalue weighted by Crippen LogP contribution is -2.08. The summed E-state index contributed by atoms with van der Waals surface area (Å²) in [7, 11) is 0. The van der Waals surface area contributed by atoms with Crippen LogP contribution in [0.15, 0.2) is 66.2 Å². The highest BCUT2D eigenvalue weighted by atomic mass is 16.5. The van der Waals surface area contributed by atoms with E-state index >= 15 is 0 Å². The Kier molecular flexibility index (Phi) is 5.54. The van der Waals surface area contributed by atoms with Gasteiger partial charge in [-0.2, -0.15) is 0 Å². The fourth-order valence-corrected chi connectivity index (χ4v) is 2.37. The Hall–Kier alpha value is -2.35. The number of hydrogen-bond acceptors (Lipinski definition) is 2. The number of benzene rings is 2. The molecule has 0 aliphatic heterocycles. The van der Waals surface area contributed by atoms with Crippen LogP contribution in [0.1, 0.15) is 49.0 Å². The first kappa shape index (κ1) is 16.0. The maximum atomic E-state index is 12.1. The van der Waals surface area contributed by atoms with Crippen LogP contribution in [0.5, 0.6) is 5.75 Å². The summed E-state index contributed by atoms with van der Waals surface area (Å²) in [4.78, 5) is 12.1. The number of para-hydroxylation sites is 1. The standard InChI is InChI=1S/C20H22O2/c1-4-16(14-15(2)3)17-10-12-18(13-11-17)20(21)22-19-8-6-5-7-9-19/h5-14,16H,4H2,1-3H3. The average Bonchev–Trinajstić information content (AvgIpc) is 2.53. The fraction of sp³-hybridized carbons (Fsp3) is 0.250. The van der Waals surface area contributed by atoms with Gasteiger partial charge in [-0.05, 0) is 50.1 Å². The van der Waals surface area contributed by atoms with Gasteiger partial charge in [0.05, 0.1) is 5.56 Å². The minimum Gasteiger partial charge on any atom is -0.423 e. The van der Waals surface area contributed by atoms with Crippen LogP contribution in [-0.2, 0) is 0 Å². The molecule has 0 amide bonds. The van der Waals surface area contributed by atoms with Gasteiger partial charge in [-0.3, -0.25) is 0 Å². The number of carbonyl (C=O) groups is 1. The highest BCUT2D eigenvalue weighted by Crippen LogP contribution is 2.23. The molecule has 2 aromatic rings. The third-order valence-electron chi connectivity index (χ3n) is 3.50. The molecule has 1 unspecified atom stereocenters. The van der Waals surface area contributed by atoms with Crippen LogP contribution in [-0.4, -0.2) is 5.97 Å². The number of hydrogen-bond donors (Lipinski definition) is 0. The van der Waals surface area contributed by atoms with Gasteiger partial charge in [0.25, 0.3) is 0 Å². The first-order valence-corrected chi connectivity index (χ1v) is 7.62. The maximum absolute atomic E-state index is 12.1. The van der Waals surface area contributed by atoms with Crippen molar-refractivity contribution in [1.82, 2.24) is 0 Å². The van der Waals surface area contributed by atoms with E-state index in [1.807, 2.05) is 42.5 Å². The van der Waals surface area contributed by atoms with Crippen molar-refractivity contribution in [3.63, 3.8) is 0 Å². The van der Waals surface area contributed by atoms with Gasteiger partial charge < -0.3 is 4.74 Å². The van der Waals surface area contributed by atoms with E-state index in [0.717, 1.165) is 6.42 Å². The molecule has 0 radical (unpaired) electrons. The van der Waals surface area contributed by atoms with Crippen LogP contribution >= 0.6 is 0 Å². The zero-order valence-electron chi connectivity index (χ0n) is 13.4. The molecule has 22 heavy (non-hydrogen) atoms. The Labute approximate surface area is 132 Å². The minimum absolute atomic E-state index is 0.326. The molecule has 1 atom stereocenters. The lowest BCUT2D eigenvalue weighted by atomic mass is 9.94. The van der Waals surface area contributed by atoms with E-state index < -0.39 is 0 Å². The maximum Gasteiger partial charge on any atom is 0.343 e. The number of esters is 1. The summed E-state index contributed by atoms with van der Waals surface area (Å²) in [5.41, 5.74) is 3.10. The fourth-order valence-electron chi connectivity index (χ4n) is 2.37. The molecule has 0 N–H and O–H groups in total. The Morgan fingerprint density at radius 1 is 1.05 bits per heavy atom. The molecule has 0 bridgehead atoms. The summed E-state index contributed by atoms with van der Waals surface area (Å²) in [5, 5.41) is 0. The molecule has 2 aromatic carbocycles. The first-order valence-electron chi connectivity index (χ1n) is 7.62. The highest BCUT2D eigenvalue weighted by molar-refractivity contribution is 5.91. The van der Waals surface area contributed by atoms with E-state index in [1.165, 1.54) is 11.1 Å². The average molecular weight is 294 g/mol. The Morgan fingerprint density at radius 3 is 2.23 bits per heavy atom. The van der Waals surface area contributed by atoms with Crippen molar-refractivity contribution in [2.24, 2.45) is 0 Å². The van der Waals surface area contributed by atoms with Crippen molar-refractivity contribution in [2.75, 3.05) is 0 Å². The predicted molar refractivity (Wildman–Crippen MR) is 90.3 cm³/mol. The lowest BCUT2D eigenvalue weighted by Gasteiger charge is -2.12. The van der Waals surface area contributed by atoms with Gasteiger partial charge in [0.15, 0.2) is 0 Å². The third kappa shape index (κ3) is 4.32. The summed E-state index contributed by atoms with van der Waals surface area (Å²) in [5.74, 6) is 0.629. The Morgan fingerprint density at radius 2 is 1.68 bits per heavy atom. The van der Waals surface area contributed by atoms with E-state index in [9.17, 15) is 4.79 Å². The van der Waals surface area contributed by atoms with Gasteiger partial charge in [0.1, 0.15) is 5.75 Å². The predicted octanol–water partition coefficient (Wildman–Crippen LogP) is 5.37. The number of allylic oxidation sites excluding steroid dienone is 2. The molecule has 0 aromatic heterocycles.